The lowest BCUT2D eigenvalue weighted by atomic mass is 10.1. The van der Waals surface area contributed by atoms with E-state index < -0.39 is 10.0 Å². The second-order valence-electron chi connectivity index (χ2n) is 7.10. The lowest BCUT2D eigenvalue weighted by Crippen LogP contribution is -2.43. The third-order valence-electron chi connectivity index (χ3n) is 5.09. The number of methoxy groups -OCH3 is 1. The quantitative estimate of drug-likeness (QED) is 0.719. The molecule has 30 heavy (non-hydrogen) atoms. The van der Waals surface area contributed by atoms with Gasteiger partial charge in [0.1, 0.15) is 10.7 Å². The third kappa shape index (κ3) is 4.81. The van der Waals surface area contributed by atoms with E-state index in [9.17, 15) is 18.0 Å². The van der Waals surface area contributed by atoms with Gasteiger partial charge in [0.05, 0.1) is 13.5 Å². The van der Waals surface area contributed by atoms with Crippen LogP contribution in [0.1, 0.15) is 25.3 Å². The standard InChI is InChI=1S/C20H26N4O5S/c1-15-18(16-7-4-3-5-8-16)30(27,28)22-19(15)23-11-6-12-24(14-13-23)20(26)21-10-9-17(25)29-2/h3-5,7-8H,6,9-14H2,1-2H3,(H,21,26). The number of esters is 1. The van der Waals surface area contributed by atoms with Crippen molar-refractivity contribution in [2.24, 2.45) is 4.40 Å². The highest BCUT2D eigenvalue weighted by Gasteiger charge is 2.34. The molecule has 1 aromatic rings. The Bertz CT molecular complexity index is 972. The number of sulfonamides is 1. The Labute approximate surface area is 176 Å². The topological polar surface area (TPSA) is 108 Å². The van der Waals surface area contributed by atoms with E-state index in [2.05, 4.69) is 14.5 Å². The molecule has 1 saturated heterocycles. The molecule has 0 saturated carbocycles. The predicted octanol–water partition coefficient (Wildman–Crippen LogP) is 1.44. The number of carbonyl (C=O) groups excluding carboxylic acids is 2. The van der Waals surface area contributed by atoms with Crippen molar-refractivity contribution in [3.63, 3.8) is 0 Å². The molecule has 10 heteroatoms. The Morgan fingerprint density at radius 1 is 1.13 bits per heavy atom. The second kappa shape index (κ2) is 9.29. The summed E-state index contributed by atoms with van der Waals surface area (Å²) in [6, 6.07) is 8.70. The summed E-state index contributed by atoms with van der Waals surface area (Å²) in [6.45, 7) is 4.01. The molecule has 0 aromatic heterocycles. The van der Waals surface area contributed by atoms with Crippen LogP contribution in [0.15, 0.2) is 40.3 Å². The van der Waals surface area contributed by atoms with Crippen molar-refractivity contribution in [1.82, 2.24) is 15.1 Å². The first-order valence-electron chi connectivity index (χ1n) is 9.79. The van der Waals surface area contributed by atoms with Crippen LogP contribution >= 0.6 is 0 Å². The van der Waals surface area contributed by atoms with Crippen molar-refractivity contribution < 1.29 is 22.7 Å². The molecule has 0 aliphatic carbocycles. The number of carbonyl (C=O) groups is 2. The van der Waals surface area contributed by atoms with Gasteiger partial charge in [-0.05, 0) is 18.9 Å². The molecular formula is C20H26N4O5S. The van der Waals surface area contributed by atoms with Crippen LogP contribution in [0.4, 0.5) is 4.79 Å². The molecule has 2 aliphatic rings. The normalized spacial score (nSPS) is 18.7. The molecule has 2 aliphatic heterocycles. The average molecular weight is 435 g/mol. The molecule has 2 amide bonds. The van der Waals surface area contributed by atoms with Gasteiger partial charge < -0.3 is 19.9 Å². The number of benzene rings is 1. The van der Waals surface area contributed by atoms with Crippen LogP contribution in [0, 0.1) is 0 Å². The molecule has 0 bridgehead atoms. The van der Waals surface area contributed by atoms with Gasteiger partial charge >= 0.3 is 12.0 Å². The monoisotopic (exact) mass is 434 g/mol. The van der Waals surface area contributed by atoms with Gasteiger partial charge in [-0.3, -0.25) is 4.79 Å². The maximum Gasteiger partial charge on any atom is 0.317 e. The van der Waals surface area contributed by atoms with Gasteiger partial charge in [0.15, 0.2) is 0 Å². The summed E-state index contributed by atoms with van der Waals surface area (Å²) in [6.07, 6.45) is 0.792. The fraction of sp³-hybridized carbons (Fsp3) is 0.450. The Hall–Kier alpha value is -2.88. The number of amides is 2. The highest BCUT2D eigenvalue weighted by molar-refractivity contribution is 8.00. The smallest absolute Gasteiger partial charge is 0.317 e. The molecule has 1 N–H and O–H groups in total. The third-order valence-corrected chi connectivity index (χ3v) is 6.56. The Morgan fingerprint density at radius 2 is 1.87 bits per heavy atom. The Kier molecular flexibility index (Phi) is 6.76. The van der Waals surface area contributed by atoms with E-state index in [1.54, 1.807) is 36.1 Å². The highest BCUT2D eigenvalue weighted by atomic mass is 32.2. The average Bonchev–Trinajstić information content (AvgIpc) is 2.88. The molecule has 0 unspecified atom stereocenters. The minimum Gasteiger partial charge on any atom is -0.469 e. The molecule has 162 valence electrons. The van der Waals surface area contributed by atoms with Crippen molar-refractivity contribution in [1.29, 1.82) is 0 Å². The van der Waals surface area contributed by atoms with E-state index in [4.69, 9.17) is 0 Å². The SMILES string of the molecule is COC(=O)CCNC(=O)N1CCCN(C2=NS(=O)(=O)C(c3ccccc3)=C2C)CC1. The number of ether oxygens (including phenoxy) is 1. The minimum absolute atomic E-state index is 0.114. The van der Waals surface area contributed by atoms with Gasteiger partial charge in [0.2, 0.25) is 0 Å². The van der Waals surface area contributed by atoms with Crippen LogP contribution in [0.5, 0.6) is 0 Å². The van der Waals surface area contributed by atoms with Gasteiger partial charge in [-0.15, -0.1) is 4.40 Å². The fourth-order valence-electron chi connectivity index (χ4n) is 3.59. The van der Waals surface area contributed by atoms with Crippen LogP contribution < -0.4 is 5.32 Å². The molecule has 0 radical (unpaired) electrons. The van der Waals surface area contributed by atoms with Gasteiger partial charge in [0.25, 0.3) is 10.0 Å². The molecule has 3 rings (SSSR count). The van der Waals surface area contributed by atoms with Crippen LogP contribution in [-0.2, 0) is 19.6 Å². The van der Waals surface area contributed by atoms with Crippen molar-refractivity contribution >= 4 is 32.8 Å². The summed E-state index contributed by atoms with van der Waals surface area (Å²) in [7, 11) is -2.46. The maximum atomic E-state index is 12.7. The van der Waals surface area contributed by atoms with Gasteiger partial charge in [-0.25, -0.2) is 4.79 Å². The summed E-state index contributed by atoms with van der Waals surface area (Å²) in [5.41, 5.74) is 1.24. The van der Waals surface area contributed by atoms with Crippen LogP contribution in [0.25, 0.3) is 4.91 Å². The number of hydrogen-bond acceptors (Lipinski definition) is 6. The number of nitrogens with one attached hydrogen (secondary N) is 1. The first-order chi connectivity index (χ1) is 14.3. The van der Waals surface area contributed by atoms with Crippen molar-refractivity contribution in [2.45, 2.75) is 19.8 Å². The molecule has 2 heterocycles. The van der Waals surface area contributed by atoms with E-state index in [1.165, 1.54) is 7.11 Å². The minimum atomic E-state index is -3.76. The van der Waals surface area contributed by atoms with Crippen LogP contribution in [0.3, 0.4) is 0 Å². The van der Waals surface area contributed by atoms with Crippen LogP contribution in [-0.4, -0.2) is 75.9 Å². The van der Waals surface area contributed by atoms with E-state index in [1.807, 2.05) is 11.0 Å². The van der Waals surface area contributed by atoms with Crippen molar-refractivity contribution in [3.05, 3.63) is 41.5 Å². The van der Waals surface area contributed by atoms with Gasteiger partial charge in [0, 0.05) is 38.3 Å². The molecular weight excluding hydrogens is 408 g/mol. The second-order valence-corrected chi connectivity index (χ2v) is 8.64. The lowest BCUT2D eigenvalue weighted by Gasteiger charge is -2.24. The van der Waals surface area contributed by atoms with Crippen LogP contribution in [0.2, 0.25) is 0 Å². The highest BCUT2D eigenvalue weighted by Crippen LogP contribution is 2.33. The number of rotatable bonds is 4. The zero-order chi connectivity index (χ0) is 21.7. The number of hydrogen-bond donors (Lipinski definition) is 1. The predicted molar refractivity (Wildman–Crippen MR) is 113 cm³/mol. The molecule has 9 nitrogen and oxygen atoms in total. The largest absolute Gasteiger partial charge is 0.469 e. The Morgan fingerprint density at radius 3 is 2.57 bits per heavy atom. The van der Waals surface area contributed by atoms with Gasteiger partial charge in [-0.1, -0.05) is 30.3 Å². The molecule has 0 spiro atoms. The fourth-order valence-corrected chi connectivity index (χ4v) is 5.07. The number of amidine groups is 1. The molecule has 1 fully saturated rings. The zero-order valence-electron chi connectivity index (χ0n) is 17.1. The number of nitrogens with zero attached hydrogens (tertiary/aromatic N) is 3. The molecule has 1 aromatic carbocycles. The number of urea groups is 1. The Balaban J connectivity index is 1.67. The lowest BCUT2D eigenvalue weighted by molar-refractivity contribution is -0.140. The van der Waals surface area contributed by atoms with E-state index in [-0.39, 0.29) is 29.9 Å². The van der Waals surface area contributed by atoms with E-state index in [0.717, 1.165) is 0 Å². The summed E-state index contributed by atoms with van der Waals surface area (Å²) < 4.78 is 34.0. The molecule has 0 atom stereocenters. The zero-order valence-corrected chi connectivity index (χ0v) is 17.9. The maximum absolute atomic E-state index is 12.7. The summed E-state index contributed by atoms with van der Waals surface area (Å²) in [5, 5.41) is 2.71. The summed E-state index contributed by atoms with van der Waals surface area (Å²) >= 11 is 0. The summed E-state index contributed by atoms with van der Waals surface area (Å²) in [5.74, 6) is 0.0658. The van der Waals surface area contributed by atoms with E-state index >= 15 is 0 Å². The van der Waals surface area contributed by atoms with E-state index in [0.29, 0.717) is 49.6 Å². The first kappa shape index (κ1) is 21.8. The summed E-state index contributed by atoms with van der Waals surface area (Å²) in [4.78, 5) is 27.4. The first-order valence-corrected chi connectivity index (χ1v) is 11.2. The van der Waals surface area contributed by atoms with Gasteiger partial charge in [-0.2, -0.15) is 8.42 Å². The van der Waals surface area contributed by atoms with Crippen molar-refractivity contribution in [3.8, 4) is 0 Å². The van der Waals surface area contributed by atoms with Crippen molar-refractivity contribution in [2.75, 3.05) is 39.8 Å².